The number of aromatic nitrogens is 3. The summed E-state index contributed by atoms with van der Waals surface area (Å²) in [4.78, 5) is -0.776. The molecule has 0 unspecified atom stereocenters. The fourth-order valence-corrected chi connectivity index (χ4v) is 9.02. The van der Waals surface area contributed by atoms with E-state index in [9.17, 15) is 49.1 Å². The van der Waals surface area contributed by atoms with Crippen LogP contribution in [0, 0.1) is 20.8 Å². The molecule has 67 heavy (non-hydrogen) atoms. The molecule has 8 rings (SSSR count). The number of aromatic hydroxyl groups is 1. The Labute approximate surface area is 380 Å². The first-order valence-corrected chi connectivity index (χ1v) is 23.8. The molecule has 0 aliphatic rings. The van der Waals surface area contributed by atoms with Crippen LogP contribution in [-0.4, -0.2) is 71.2 Å². The van der Waals surface area contributed by atoms with Crippen molar-refractivity contribution in [3.8, 4) is 17.2 Å². The highest BCUT2D eigenvalue weighted by molar-refractivity contribution is 7.87. The quantitative estimate of drug-likeness (QED) is 0.0562. The van der Waals surface area contributed by atoms with E-state index in [1.54, 1.807) is 68.4 Å². The van der Waals surface area contributed by atoms with E-state index >= 15 is 0 Å². The number of ether oxygens (including phenoxy) is 1. The number of fused-ring (bicyclic) bond motifs is 4. The maximum absolute atomic E-state index is 12.2. The molecule has 0 fully saturated rings. The number of phenols is 1. The summed E-state index contributed by atoms with van der Waals surface area (Å²) >= 11 is 0. The smallest absolute Gasteiger partial charge is 0.296 e. The van der Waals surface area contributed by atoms with Crippen LogP contribution in [0.1, 0.15) is 22.3 Å². The number of aliphatic hydroxyl groups excluding tert-OH is 1. The van der Waals surface area contributed by atoms with E-state index in [1.807, 2.05) is 6.92 Å². The summed E-state index contributed by atoms with van der Waals surface area (Å²) in [6.07, 6.45) is 0. The third kappa shape index (κ3) is 9.34. The SMILES string of the molecule is COc1cc(N=Nc2ccc(CO)cc2S(=O)(=O)O)c(C)cc1N=Nc1cc(C)c(N=Nc2ccc3cc(-n4nc5ccc6c(S(=O)(=O)O)cc(S(=O)(=O)O)cc6c5n4)ccc3c2O)cc1C. The summed E-state index contributed by atoms with van der Waals surface area (Å²) in [5, 5.41) is 56.3. The van der Waals surface area contributed by atoms with Gasteiger partial charge in [0.25, 0.3) is 30.4 Å². The van der Waals surface area contributed by atoms with Gasteiger partial charge in [-0.05, 0) is 121 Å². The molecule has 7 aromatic carbocycles. The van der Waals surface area contributed by atoms with E-state index in [0.29, 0.717) is 67.7 Å². The Bertz CT molecular complexity index is 3820. The Kier molecular flexibility index (Phi) is 12.0. The molecule has 0 spiro atoms. The second-order valence-corrected chi connectivity index (χ2v) is 19.2. The molecule has 1 heterocycles. The van der Waals surface area contributed by atoms with E-state index in [0.717, 1.165) is 12.1 Å². The lowest BCUT2D eigenvalue weighted by Crippen LogP contribution is -2.04. The standard InChI is InChI=1S/C43H35N9O12S3/c1-22-14-36(47-49-38-15-24(3)37(20-39(38)64-4)48-44-32-10-5-25(21-53)16-41(32)67(61,62)63)23(2)13-35(22)46-45-34-11-6-26-17-27(7-8-29(26)43(34)54)52-50-33-12-9-30-31(42(33)51-52)18-28(65(55,56)57)19-40(30)66(58,59)60/h5-20,53-54H,21H2,1-4H3,(H,55,56,57)(H,58,59,60)(H,61,62,63). The lowest BCUT2D eigenvalue weighted by molar-refractivity contribution is 0.281. The number of hydrogen-bond donors (Lipinski definition) is 5. The maximum atomic E-state index is 12.2. The van der Waals surface area contributed by atoms with Gasteiger partial charge < -0.3 is 14.9 Å². The zero-order valence-corrected chi connectivity index (χ0v) is 37.7. The van der Waals surface area contributed by atoms with Crippen LogP contribution in [0.4, 0.5) is 34.1 Å². The van der Waals surface area contributed by atoms with Crippen molar-refractivity contribution in [1.29, 1.82) is 0 Å². The van der Waals surface area contributed by atoms with Crippen LogP contribution in [0.25, 0.3) is 38.3 Å². The molecule has 24 heteroatoms. The van der Waals surface area contributed by atoms with Crippen LogP contribution in [0.5, 0.6) is 11.5 Å². The van der Waals surface area contributed by atoms with Crippen molar-refractivity contribution in [3.63, 3.8) is 0 Å². The molecule has 0 radical (unpaired) electrons. The van der Waals surface area contributed by atoms with Gasteiger partial charge in [-0.1, -0.05) is 18.2 Å². The van der Waals surface area contributed by atoms with E-state index in [2.05, 4.69) is 40.9 Å². The molecule has 8 aromatic rings. The highest BCUT2D eigenvalue weighted by Gasteiger charge is 2.23. The minimum atomic E-state index is -4.91. The molecule has 0 bridgehead atoms. The minimum absolute atomic E-state index is 0.00297. The van der Waals surface area contributed by atoms with Crippen molar-refractivity contribution < 1.29 is 53.9 Å². The van der Waals surface area contributed by atoms with Crippen molar-refractivity contribution >= 4 is 97.1 Å². The van der Waals surface area contributed by atoms with Crippen LogP contribution in [-0.2, 0) is 37.0 Å². The molecular formula is C43H35N9O12S3. The molecule has 1 aromatic heterocycles. The molecule has 0 aliphatic carbocycles. The topological polar surface area (TPSA) is 318 Å². The predicted molar refractivity (Wildman–Crippen MR) is 244 cm³/mol. The van der Waals surface area contributed by atoms with Gasteiger partial charge in [-0.3, -0.25) is 13.7 Å². The van der Waals surface area contributed by atoms with Crippen LogP contribution in [0.15, 0.2) is 142 Å². The second-order valence-electron chi connectivity index (χ2n) is 15.0. The summed E-state index contributed by atoms with van der Waals surface area (Å²) < 4.78 is 107. The Hall–Kier alpha value is -7.45. The number of methoxy groups -OCH3 is 1. The number of aryl methyl sites for hydroxylation is 3. The first-order chi connectivity index (χ1) is 31.6. The molecule has 5 N–H and O–H groups in total. The number of phenolic OH excluding ortho intramolecular Hbond substituents is 1. The summed E-state index contributed by atoms with van der Waals surface area (Å²) in [5.74, 6) is 0.128. The number of aliphatic hydroxyl groups is 1. The minimum Gasteiger partial charge on any atom is -0.505 e. The zero-order valence-electron chi connectivity index (χ0n) is 35.3. The summed E-state index contributed by atoms with van der Waals surface area (Å²) in [7, 11) is -13.0. The van der Waals surface area contributed by atoms with Gasteiger partial charge >= 0.3 is 0 Å². The van der Waals surface area contributed by atoms with Crippen LogP contribution in [0.3, 0.4) is 0 Å². The van der Waals surface area contributed by atoms with Gasteiger partial charge in [-0.25, -0.2) is 0 Å². The first kappa shape index (κ1) is 46.1. The van der Waals surface area contributed by atoms with Gasteiger partial charge in [0.2, 0.25) is 0 Å². The van der Waals surface area contributed by atoms with Crippen LogP contribution in [0.2, 0.25) is 0 Å². The summed E-state index contributed by atoms with van der Waals surface area (Å²) in [5.41, 5.74) is 4.75. The van der Waals surface area contributed by atoms with E-state index in [4.69, 9.17) is 4.74 Å². The highest BCUT2D eigenvalue weighted by Crippen LogP contribution is 2.40. The van der Waals surface area contributed by atoms with Crippen molar-refractivity contribution in [2.75, 3.05) is 7.11 Å². The maximum Gasteiger partial charge on any atom is 0.296 e. The molecular weight excluding hydrogens is 931 g/mol. The third-order valence-electron chi connectivity index (χ3n) is 10.5. The average Bonchev–Trinajstić information content (AvgIpc) is 3.73. The monoisotopic (exact) mass is 965 g/mol. The van der Waals surface area contributed by atoms with Crippen molar-refractivity contribution in [2.45, 2.75) is 42.1 Å². The van der Waals surface area contributed by atoms with E-state index in [-0.39, 0.29) is 44.5 Å². The summed E-state index contributed by atoms with van der Waals surface area (Å²) in [6.45, 7) is 4.91. The van der Waals surface area contributed by atoms with Gasteiger partial charge in [0, 0.05) is 22.2 Å². The van der Waals surface area contributed by atoms with Gasteiger partial charge in [0.1, 0.15) is 43.6 Å². The number of benzene rings is 7. The Morgan fingerprint density at radius 3 is 1.73 bits per heavy atom. The molecule has 0 atom stereocenters. The van der Waals surface area contributed by atoms with Crippen molar-refractivity contribution in [3.05, 3.63) is 119 Å². The number of hydrogen-bond acceptors (Lipinski definition) is 17. The fraction of sp³-hybridized carbons (Fsp3) is 0.116. The first-order valence-electron chi connectivity index (χ1n) is 19.4. The Balaban J connectivity index is 1.03. The van der Waals surface area contributed by atoms with Crippen molar-refractivity contribution in [2.24, 2.45) is 30.7 Å². The van der Waals surface area contributed by atoms with E-state index < -0.39 is 51.6 Å². The molecule has 21 nitrogen and oxygen atoms in total. The normalized spacial score (nSPS) is 12.8. The number of nitrogens with zero attached hydrogens (tertiary/aromatic N) is 9. The second kappa shape index (κ2) is 17.4. The fourth-order valence-electron chi connectivity index (χ4n) is 7.01. The highest BCUT2D eigenvalue weighted by atomic mass is 32.2. The van der Waals surface area contributed by atoms with Gasteiger partial charge in [-0.2, -0.15) is 45.4 Å². The molecule has 0 amide bonds. The Morgan fingerprint density at radius 1 is 0.552 bits per heavy atom. The third-order valence-corrected chi connectivity index (χ3v) is 13.1. The predicted octanol–water partition coefficient (Wildman–Crippen LogP) is 9.84. The van der Waals surface area contributed by atoms with Gasteiger partial charge in [0.15, 0.2) is 5.75 Å². The number of azo groups is 3. The van der Waals surface area contributed by atoms with Crippen LogP contribution < -0.4 is 4.74 Å². The average molecular weight is 966 g/mol. The van der Waals surface area contributed by atoms with Gasteiger partial charge in [0.05, 0.1) is 41.4 Å². The van der Waals surface area contributed by atoms with Gasteiger partial charge in [-0.15, -0.1) is 25.5 Å². The largest absolute Gasteiger partial charge is 0.505 e. The molecule has 342 valence electrons. The lowest BCUT2D eigenvalue weighted by atomic mass is 10.1. The molecule has 0 aliphatic heterocycles. The lowest BCUT2D eigenvalue weighted by Gasteiger charge is -2.09. The van der Waals surface area contributed by atoms with E-state index in [1.165, 1.54) is 36.2 Å². The van der Waals surface area contributed by atoms with Crippen LogP contribution >= 0.6 is 0 Å². The molecule has 0 saturated heterocycles. The van der Waals surface area contributed by atoms with Crippen molar-refractivity contribution in [1.82, 2.24) is 15.0 Å². The molecule has 0 saturated carbocycles. The number of rotatable bonds is 12. The zero-order chi connectivity index (χ0) is 48.2. The Morgan fingerprint density at radius 2 is 1.12 bits per heavy atom. The summed E-state index contributed by atoms with van der Waals surface area (Å²) in [6, 6.07) is 23.3.